The summed E-state index contributed by atoms with van der Waals surface area (Å²) in [5.74, 6) is -0.160. The Morgan fingerprint density at radius 1 is 1.14 bits per heavy atom. The van der Waals surface area contributed by atoms with E-state index < -0.39 is 5.97 Å². The lowest BCUT2D eigenvalue weighted by Crippen LogP contribution is -2.03. The Balaban J connectivity index is 2.17. The van der Waals surface area contributed by atoms with E-state index >= 15 is 0 Å². The van der Waals surface area contributed by atoms with Gasteiger partial charge in [0.05, 0.1) is 22.7 Å². The van der Waals surface area contributed by atoms with Crippen molar-refractivity contribution in [1.29, 1.82) is 0 Å². The number of rotatable bonds is 4. The van der Waals surface area contributed by atoms with Gasteiger partial charge in [0.1, 0.15) is 6.61 Å². The molecule has 0 saturated heterocycles. The third-order valence-corrected chi connectivity index (χ3v) is 3.81. The minimum Gasteiger partial charge on any atom is -0.486 e. The Labute approximate surface area is 140 Å². The van der Waals surface area contributed by atoms with Gasteiger partial charge in [0.15, 0.2) is 5.75 Å². The zero-order valence-electron chi connectivity index (χ0n) is 11.0. The molecule has 0 heterocycles. The molecule has 6 heteroatoms. The smallest absolute Gasteiger partial charge is 0.337 e. The van der Waals surface area contributed by atoms with Crippen molar-refractivity contribution in [1.82, 2.24) is 0 Å². The van der Waals surface area contributed by atoms with E-state index in [1.54, 1.807) is 0 Å². The average molecular weight is 390 g/mol. The quantitative estimate of drug-likeness (QED) is 0.680. The van der Waals surface area contributed by atoms with Gasteiger partial charge in [0, 0.05) is 4.47 Å². The van der Waals surface area contributed by atoms with Gasteiger partial charge in [-0.2, -0.15) is 0 Å². The third-order valence-electron chi connectivity index (χ3n) is 2.72. The van der Waals surface area contributed by atoms with Crippen molar-refractivity contribution in [2.45, 2.75) is 6.61 Å². The molecular weight excluding hydrogens is 379 g/mol. The molecule has 0 fully saturated rings. The lowest BCUT2D eigenvalue weighted by molar-refractivity contribution is 0.0600. The van der Waals surface area contributed by atoms with Crippen molar-refractivity contribution < 1.29 is 14.3 Å². The largest absolute Gasteiger partial charge is 0.486 e. The molecule has 0 aliphatic heterocycles. The first kappa shape index (κ1) is 16.1. The molecule has 0 aromatic heterocycles. The molecule has 0 bridgehead atoms. The van der Waals surface area contributed by atoms with Crippen LogP contribution in [0.25, 0.3) is 0 Å². The first-order valence-corrected chi connectivity index (χ1v) is 7.50. The second kappa shape index (κ2) is 7.16. The molecule has 0 unspecified atom stereocenters. The highest BCUT2D eigenvalue weighted by atomic mass is 79.9. The third kappa shape index (κ3) is 4.13. The van der Waals surface area contributed by atoms with Crippen LogP contribution in [0.1, 0.15) is 15.9 Å². The van der Waals surface area contributed by atoms with Crippen LogP contribution in [-0.4, -0.2) is 13.1 Å². The predicted octanol–water partition coefficient (Wildman–Crippen LogP) is 5.12. The maximum absolute atomic E-state index is 11.5. The second-order valence-electron chi connectivity index (χ2n) is 4.18. The van der Waals surface area contributed by atoms with Crippen LogP contribution < -0.4 is 4.74 Å². The summed E-state index contributed by atoms with van der Waals surface area (Å²) in [5.41, 5.74) is 1.26. The van der Waals surface area contributed by atoms with Crippen molar-refractivity contribution in [3.63, 3.8) is 0 Å². The molecule has 21 heavy (non-hydrogen) atoms. The number of benzene rings is 2. The van der Waals surface area contributed by atoms with Crippen molar-refractivity contribution in [3.05, 3.63) is 62.0 Å². The lowest BCUT2D eigenvalue weighted by Gasteiger charge is -2.11. The molecule has 0 amide bonds. The Morgan fingerprint density at radius 3 is 2.24 bits per heavy atom. The zero-order chi connectivity index (χ0) is 15.4. The summed E-state index contributed by atoms with van der Waals surface area (Å²) in [5, 5.41) is 0.528. The fourth-order valence-electron chi connectivity index (χ4n) is 1.67. The van der Waals surface area contributed by atoms with Crippen molar-refractivity contribution in [3.8, 4) is 5.75 Å². The maximum Gasteiger partial charge on any atom is 0.337 e. The predicted molar refractivity (Wildman–Crippen MR) is 86.3 cm³/mol. The van der Waals surface area contributed by atoms with E-state index in [1.807, 2.05) is 24.3 Å². The van der Waals surface area contributed by atoms with Gasteiger partial charge in [-0.25, -0.2) is 4.79 Å². The van der Waals surface area contributed by atoms with Gasteiger partial charge < -0.3 is 9.47 Å². The van der Waals surface area contributed by atoms with Crippen molar-refractivity contribution in [2.24, 2.45) is 0 Å². The summed E-state index contributed by atoms with van der Waals surface area (Å²) in [7, 11) is 1.29. The summed E-state index contributed by atoms with van der Waals surface area (Å²) >= 11 is 15.6. The van der Waals surface area contributed by atoms with Crippen LogP contribution in [0, 0.1) is 0 Å². The van der Waals surface area contributed by atoms with E-state index in [9.17, 15) is 4.79 Å². The Morgan fingerprint density at radius 2 is 1.71 bits per heavy atom. The van der Waals surface area contributed by atoms with Crippen LogP contribution in [0.4, 0.5) is 0 Å². The summed E-state index contributed by atoms with van der Waals surface area (Å²) in [6.45, 7) is 0.324. The maximum atomic E-state index is 11.5. The van der Waals surface area contributed by atoms with Crippen LogP contribution in [0.2, 0.25) is 10.0 Å². The zero-order valence-corrected chi connectivity index (χ0v) is 14.1. The fraction of sp³-hybridized carbons (Fsp3) is 0.133. The summed E-state index contributed by atoms with van der Waals surface area (Å²) in [6, 6.07) is 10.6. The number of hydrogen-bond acceptors (Lipinski definition) is 3. The lowest BCUT2D eigenvalue weighted by atomic mass is 10.2. The van der Waals surface area contributed by atoms with E-state index in [4.69, 9.17) is 27.9 Å². The molecule has 0 aliphatic carbocycles. The van der Waals surface area contributed by atoms with Gasteiger partial charge in [-0.1, -0.05) is 51.3 Å². The molecule has 0 N–H and O–H groups in total. The van der Waals surface area contributed by atoms with Gasteiger partial charge in [0.25, 0.3) is 0 Å². The van der Waals surface area contributed by atoms with Gasteiger partial charge in [-0.05, 0) is 29.8 Å². The molecular formula is C15H11BrCl2O3. The molecule has 2 aromatic carbocycles. The van der Waals surface area contributed by atoms with E-state index in [2.05, 4.69) is 20.7 Å². The molecule has 110 valence electrons. The highest BCUT2D eigenvalue weighted by molar-refractivity contribution is 9.10. The monoisotopic (exact) mass is 388 g/mol. The van der Waals surface area contributed by atoms with Crippen molar-refractivity contribution in [2.75, 3.05) is 7.11 Å². The van der Waals surface area contributed by atoms with E-state index in [0.29, 0.717) is 12.4 Å². The van der Waals surface area contributed by atoms with Crippen LogP contribution in [0.15, 0.2) is 40.9 Å². The van der Waals surface area contributed by atoms with Crippen LogP contribution >= 0.6 is 39.1 Å². The summed E-state index contributed by atoms with van der Waals surface area (Å²) in [6.07, 6.45) is 0. The number of hydrogen-bond donors (Lipinski definition) is 0. The highest BCUT2D eigenvalue weighted by Crippen LogP contribution is 2.35. The van der Waals surface area contributed by atoms with E-state index in [1.165, 1.54) is 19.2 Å². The standard InChI is InChI=1S/C15H11BrCl2O3/c1-20-15(19)10-6-12(17)14(13(18)7-10)21-8-9-2-4-11(16)5-3-9/h2-7H,8H2,1H3. The molecule has 2 rings (SSSR count). The van der Waals surface area contributed by atoms with Crippen molar-refractivity contribution >= 4 is 45.1 Å². The molecule has 2 aromatic rings. The molecule has 0 radical (unpaired) electrons. The Bertz CT molecular complexity index is 633. The minimum absolute atomic E-state index is 0.264. The fourth-order valence-corrected chi connectivity index (χ4v) is 2.53. The number of ether oxygens (including phenoxy) is 2. The van der Waals surface area contributed by atoms with Gasteiger partial charge >= 0.3 is 5.97 Å². The Kier molecular flexibility index (Phi) is 5.51. The van der Waals surface area contributed by atoms with E-state index in [-0.39, 0.29) is 15.6 Å². The topological polar surface area (TPSA) is 35.5 Å². The van der Waals surface area contributed by atoms with E-state index in [0.717, 1.165) is 10.0 Å². The highest BCUT2D eigenvalue weighted by Gasteiger charge is 2.14. The van der Waals surface area contributed by atoms with Crippen LogP contribution in [-0.2, 0) is 11.3 Å². The number of halogens is 3. The van der Waals surface area contributed by atoms with Crippen LogP contribution in [0.5, 0.6) is 5.75 Å². The molecule has 0 aliphatic rings. The van der Waals surface area contributed by atoms with Gasteiger partial charge in [-0.15, -0.1) is 0 Å². The van der Waals surface area contributed by atoms with Gasteiger partial charge in [-0.3, -0.25) is 0 Å². The first-order valence-electron chi connectivity index (χ1n) is 5.96. The van der Waals surface area contributed by atoms with Gasteiger partial charge in [0.2, 0.25) is 0 Å². The number of carbonyl (C=O) groups is 1. The first-order chi connectivity index (χ1) is 10.0. The number of esters is 1. The summed E-state index contributed by atoms with van der Waals surface area (Å²) in [4.78, 5) is 11.5. The SMILES string of the molecule is COC(=O)c1cc(Cl)c(OCc2ccc(Br)cc2)c(Cl)c1. The molecule has 3 nitrogen and oxygen atoms in total. The normalized spacial score (nSPS) is 10.3. The molecule has 0 saturated carbocycles. The Hall–Kier alpha value is -1.23. The molecule has 0 spiro atoms. The summed E-state index contributed by atoms with van der Waals surface area (Å²) < 4.78 is 11.2. The second-order valence-corrected chi connectivity index (χ2v) is 5.91. The minimum atomic E-state index is -0.502. The number of carbonyl (C=O) groups excluding carboxylic acids is 1. The average Bonchev–Trinajstić information content (AvgIpc) is 2.47. The van der Waals surface area contributed by atoms with Crippen LogP contribution in [0.3, 0.4) is 0 Å². The number of methoxy groups -OCH3 is 1. The molecule has 0 atom stereocenters.